The van der Waals surface area contributed by atoms with E-state index in [1.54, 1.807) is 4.90 Å². The van der Waals surface area contributed by atoms with Gasteiger partial charge in [0.05, 0.1) is 18.4 Å². The Labute approximate surface area is 137 Å². The number of carbonyl (C=O) groups excluding carboxylic acids is 1. The van der Waals surface area contributed by atoms with Crippen molar-refractivity contribution in [2.24, 2.45) is 5.92 Å². The second-order valence-corrected chi connectivity index (χ2v) is 5.57. The van der Waals surface area contributed by atoms with E-state index in [1.807, 2.05) is 0 Å². The number of carboxylic acids is 1. The van der Waals surface area contributed by atoms with Crippen LogP contribution in [0.25, 0.3) is 0 Å². The zero-order valence-corrected chi connectivity index (χ0v) is 13.0. The first kappa shape index (κ1) is 17.9. The first-order chi connectivity index (χ1) is 11.4. The standard InChI is InChI=1S/C15H19F2N3O4/c16-14(17)24-12-4-3-11(18-8-12)7-19-15(23)20-5-1-2-10(9-20)6-13(21)22/h3-4,8,10,14H,1-2,5-7,9H2,(H,19,23)(H,21,22). The maximum absolute atomic E-state index is 12.1. The van der Waals surface area contributed by atoms with Crippen molar-refractivity contribution in [1.82, 2.24) is 15.2 Å². The van der Waals surface area contributed by atoms with Crippen LogP contribution in [0.4, 0.5) is 13.6 Å². The second kappa shape index (κ2) is 8.42. The molecular weight excluding hydrogens is 324 g/mol. The lowest BCUT2D eigenvalue weighted by Gasteiger charge is -2.32. The number of alkyl halides is 2. The van der Waals surface area contributed by atoms with Crippen LogP contribution in [-0.4, -0.2) is 46.7 Å². The molecule has 2 amide bonds. The van der Waals surface area contributed by atoms with Crippen molar-refractivity contribution in [2.75, 3.05) is 13.1 Å². The van der Waals surface area contributed by atoms with E-state index in [2.05, 4.69) is 15.0 Å². The van der Waals surface area contributed by atoms with Crippen LogP contribution in [0, 0.1) is 5.92 Å². The van der Waals surface area contributed by atoms with Crippen LogP contribution >= 0.6 is 0 Å². The summed E-state index contributed by atoms with van der Waals surface area (Å²) in [6, 6.07) is 2.55. The number of rotatable bonds is 6. The molecule has 1 aromatic heterocycles. The number of urea groups is 1. The number of hydrogen-bond donors (Lipinski definition) is 2. The smallest absolute Gasteiger partial charge is 0.387 e. The van der Waals surface area contributed by atoms with E-state index >= 15 is 0 Å². The van der Waals surface area contributed by atoms with Crippen molar-refractivity contribution in [3.8, 4) is 5.75 Å². The van der Waals surface area contributed by atoms with Crippen molar-refractivity contribution >= 4 is 12.0 Å². The number of halogens is 2. The minimum Gasteiger partial charge on any atom is -0.481 e. The number of carbonyl (C=O) groups is 2. The molecule has 0 aromatic carbocycles. The molecule has 7 nitrogen and oxygen atoms in total. The third kappa shape index (κ3) is 5.64. The third-order valence-electron chi connectivity index (χ3n) is 3.71. The number of ether oxygens (including phenoxy) is 1. The lowest BCUT2D eigenvalue weighted by atomic mass is 9.95. The first-order valence-electron chi connectivity index (χ1n) is 7.58. The van der Waals surface area contributed by atoms with Gasteiger partial charge in [-0.2, -0.15) is 8.78 Å². The topological polar surface area (TPSA) is 91.8 Å². The van der Waals surface area contributed by atoms with Crippen molar-refractivity contribution < 1.29 is 28.2 Å². The van der Waals surface area contributed by atoms with E-state index < -0.39 is 12.6 Å². The fourth-order valence-corrected chi connectivity index (χ4v) is 2.63. The molecular formula is C15H19F2N3O4. The number of aliphatic carboxylic acids is 1. The lowest BCUT2D eigenvalue weighted by Crippen LogP contribution is -2.45. The van der Waals surface area contributed by atoms with Gasteiger partial charge < -0.3 is 20.1 Å². The number of aromatic nitrogens is 1. The molecule has 2 heterocycles. The van der Waals surface area contributed by atoms with E-state index in [-0.39, 0.29) is 30.7 Å². The van der Waals surface area contributed by atoms with E-state index in [0.29, 0.717) is 18.8 Å². The molecule has 0 spiro atoms. The highest BCUT2D eigenvalue weighted by Crippen LogP contribution is 2.19. The zero-order chi connectivity index (χ0) is 17.5. The summed E-state index contributed by atoms with van der Waals surface area (Å²) >= 11 is 0. The summed E-state index contributed by atoms with van der Waals surface area (Å²) in [6.07, 6.45) is 2.78. The van der Waals surface area contributed by atoms with Gasteiger partial charge >= 0.3 is 18.6 Å². The van der Waals surface area contributed by atoms with Crippen LogP contribution in [0.1, 0.15) is 25.0 Å². The molecule has 9 heteroatoms. The van der Waals surface area contributed by atoms with Gasteiger partial charge in [0.2, 0.25) is 0 Å². The lowest BCUT2D eigenvalue weighted by molar-refractivity contribution is -0.138. The highest BCUT2D eigenvalue weighted by atomic mass is 19.3. The summed E-state index contributed by atoms with van der Waals surface area (Å²) < 4.78 is 28.3. The number of hydrogen-bond acceptors (Lipinski definition) is 4. The summed E-state index contributed by atoms with van der Waals surface area (Å²) in [5.41, 5.74) is 0.504. The maximum atomic E-state index is 12.1. The SMILES string of the molecule is O=C(O)CC1CCCN(C(=O)NCc2ccc(OC(F)F)cn2)C1. The van der Waals surface area contributed by atoms with Gasteiger partial charge in [-0.05, 0) is 30.9 Å². The van der Waals surface area contributed by atoms with Crippen LogP contribution in [0.5, 0.6) is 5.75 Å². The van der Waals surface area contributed by atoms with Crippen molar-refractivity contribution in [3.63, 3.8) is 0 Å². The summed E-state index contributed by atoms with van der Waals surface area (Å²) in [5.74, 6) is -0.948. The molecule has 2 N–H and O–H groups in total. The first-order valence-corrected chi connectivity index (χ1v) is 7.58. The normalized spacial score (nSPS) is 17.6. The van der Waals surface area contributed by atoms with E-state index in [9.17, 15) is 18.4 Å². The number of amides is 2. The van der Waals surface area contributed by atoms with E-state index in [1.165, 1.54) is 12.1 Å². The summed E-state index contributed by atoms with van der Waals surface area (Å²) in [5, 5.41) is 11.5. The zero-order valence-electron chi connectivity index (χ0n) is 13.0. The number of pyridine rings is 1. The quantitative estimate of drug-likeness (QED) is 0.825. The summed E-state index contributed by atoms with van der Waals surface area (Å²) in [6.45, 7) is -1.77. The maximum Gasteiger partial charge on any atom is 0.387 e. The molecule has 0 bridgehead atoms. The predicted molar refractivity (Wildman–Crippen MR) is 79.7 cm³/mol. The van der Waals surface area contributed by atoms with Gasteiger partial charge in [0.1, 0.15) is 5.75 Å². The van der Waals surface area contributed by atoms with Gasteiger partial charge in [-0.25, -0.2) is 4.79 Å². The molecule has 1 aliphatic rings. The molecule has 1 atom stereocenters. The number of likely N-dealkylation sites (tertiary alicyclic amines) is 1. The highest BCUT2D eigenvalue weighted by molar-refractivity contribution is 5.74. The summed E-state index contributed by atoms with van der Waals surface area (Å²) in [7, 11) is 0. The minimum atomic E-state index is -2.91. The number of nitrogens with one attached hydrogen (secondary N) is 1. The largest absolute Gasteiger partial charge is 0.481 e. The average Bonchev–Trinajstić information content (AvgIpc) is 2.53. The van der Waals surface area contributed by atoms with Gasteiger partial charge in [0.15, 0.2) is 0 Å². The Morgan fingerprint density at radius 3 is 2.88 bits per heavy atom. The van der Waals surface area contributed by atoms with Gasteiger partial charge in [-0.15, -0.1) is 0 Å². The average molecular weight is 343 g/mol. The Bertz CT molecular complexity index is 568. The Hall–Kier alpha value is -2.45. The van der Waals surface area contributed by atoms with Crippen LogP contribution in [-0.2, 0) is 11.3 Å². The molecule has 1 aliphatic heterocycles. The highest BCUT2D eigenvalue weighted by Gasteiger charge is 2.25. The minimum absolute atomic E-state index is 0.0362. The second-order valence-electron chi connectivity index (χ2n) is 5.57. The Morgan fingerprint density at radius 1 is 1.46 bits per heavy atom. The third-order valence-corrected chi connectivity index (χ3v) is 3.71. The van der Waals surface area contributed by atoms with Crippen molar-refractivity contribution in [2.45, 2.75) is 32.4 Å². The molecule has 24 heavy (non-hydrogen) atoms. The summed E-state index contributed by atoms with van der Waals surface area (Å²) in [4.78, 5) is 28.4. The van der Waals surface area contributed by atoms with Crippen LogP contribution in [0.3, 0.4) is 0 Å². The molecule has 0 saturated carbocycles. The molecule has 132 valence electrons. The van der Waals surface area contributed by atoms with Gasteiger partial charge in [-0.3, -0.25) is 9.78 Å². The Morgan fingerprint density at radius 2 is 2.25 bits per heavy atom. The monoisotopic (exact) mass is 343 g/mol. The van der Waals surface area contributed by atoms with Crippen LogP contribution in [0.2, 0.25) is 0 Å². The van der Waals surface area contributed by atoms with Crippen LogP contribution < -0.4 is 10.1 Å². The fourth-order valence-electron chi connectivity index (χ4n) is 2.63. The van der Waals surface area contributed by atoms with Crippen molar-refractivity contribution in [3.05, 3.63) is 24.0 Å². The van der Waals surface area contributed by atoms with Gasteiger partial charge in [0, 0.05) is 19.5 Å². The molecule has 1 fully saturated rings. The van der Waals surface area contributed by atoms with Crippen LogP contribution in [0.15, 0.2) is 18.3 Å². The molecule has 1 saturated heterocycles. The Balaban J connectivity index is 1.80. The number of nitrogens with zero attached hydrogens (tertiary/aromatic N) is 2. The predicted octanol–water partition coefficient (Wildman–Crippen LogP) is 2.08. The fraction of sp³-hybridized carbons (Fsp3) is 0.533. The molecule has 0 radical (unpaired) electrons. The number of carboxylic acid groups (broad SMARTS) is 1. The van der Waals surface area contributed by atoms with E-state index in [4.69, 9.17) is 5.11 Å². The molecule has 0 aliphatic carbocycles. The van der Waals surface area contributed by atoms with Gasteiger partial charge in [0.25, 0.3) is 0 Å². The Kier molecular flexibility index (Phi) is 6.28. The van der Waals surface area contributed by atoms with Gasteiger partial charge in [-0.1, -0.05) is 0 Å². The molecule has 1 aromatic rings. The molecule has 1 unspecified atom stereocenters. The van der Waals surface area contributed by atoms with E-state index in [0.717, 1.165) is 19.0 Å². The molecule has 2 rings (SSSR count). The number of piperidine rings is 1. The van der Waals surface area contributed by atoms with Crippen molar-refractivity contribution in [1.29, 1.82) is 0 Å².